The van der Waals surface area contributed by atoms with Gasteiger partial charge < -0.3 is 0 Å². The Kier molecular flexibility index (Phi) is 8.06. The minimum absolute atomic E-state index is 0.598. The van der Waals surface area contributed by atoms with E-state index in [-0.39, 0.29) is 0 Å². The molecule has 0 saturated heterocycles. The summed E-state index contributed by atoms with van der Waals surface area (Å²) in [5.74, 6) is 1.85. The molecule has 0 aliphatic carbocycles. The van der Waals surface area contributed by atoms with Gasteiger partial charge in [-0.2, -0.15) is 0 Å². The molecule has 8 rings (SSSR count). The Morgan fingerprint density at radius 2 is 0.776 bits per heavy atom. The molecule has 0 N–H and O–H groups in total. The first-order valence-electron chi connectivity index (χ1n) is 16.2. The molecule has 8 aromatic rings. The fourth-order valence-electron chi connectivity index (χ4n) is 5.99. The lowest BCUT2D eigenvalue weighted by Gasteiger charge is -2.13. The first kappa shape index (κ1) is 29.8. The largest absolute Gasteiger partial charge is 0.256 e. The first-order valence-corrected chi connectivity index (χ1v) is 16.2. The molecule has 5 aromatic carbocycles. The normalized spacial score (nSPS) is 11.0. The van der Waals surface area contributed by atoms with Crippen LogP contribution < -0.4 is 0 Å². The van der Waals surface area contributed by atoms with Gasteiger partial charge in [0, 0.05) is 39.7 Å². The first-order chi connectivity index (χ1) is 24.2. The van der Waals surface area contributed by atoms with Crippen LogP contribution in [0, 0.1) is 6.92 Å². The van der Waals surface area contributed by atoms with E-state index in [0.29, 0.717) is 17.5 Å². The van der Waals surface area contributed by atoms with Gasteiger partial charge in [0.05, 0.1) is 11.4 Å². The van der Waals surface area contributed by atoms with E-state index in [1.807, 2.05) is 98.0 Å². The molecule has 5 heteroatoms. The van der Waals surface area contributed by atoms with Crippen LogP contribution in [-0.2, 0) is 0 Å². The van der Waals surface area contributed by atoms with Gasteiger partial charge in [-0.15, -0.1) is 0 Å². The van der Waals surface area contributed by atoms with Crippen molar-refractivity contribution in [3.63, 3.8) is 0 Å². The van der Waals surface area contributed by atoms with Gasteiger partial charge in [-0.25, -0.2) is 15.0 Å². The lowest BCUT2D eigenvalue weighted by Crippen LogP contribution is -2.00. The van der Waals surface area contributed by atoms with Crippen molar-refractivity contribution in [1.29, 1.82) is 0 Å². The summed E-state index contributed by atoms with van der Waals surface area (Å²) in [5, 5.41) is 0. The molecule has 0 aliphatic heterocycles. The number of nitrogens with zero attached hydrogens (tertiary/aromatic N) is 5. The molecule has 5 nitrogen and oxygen atoms in total. The van der Waals surface area contributed by atoms with Crippen molar-refractivity contribution < 1.29 is 0 Å². The van der Waals surface area contributed by atoms with Crippen LogP contribution in [-0.4, -0.2) is 24.9 Å². The van der Waals surface area contributed by atoms with Crippen molar-refractivity contribution in [2.75, 3.05) is 0 Å². The topological polar surface area (TPSA) is 64.5 Å². The third kappa shape index (κ3) is 6.51. The maximum atomic E-state index is 5.01. The number of hydrogen-bond donors (Lipinski definition) is 0. The van der Waals surface area contributed by atoms with Gasteiger partial charge in [-0.1, -0.05) is 121 Å². The van der Waals surface area contributed by atoms with Crippen molar-refractivity contribution in [2.45, 2.75) is 6.92 Å². The van der Waals surface area contributed by atoms with Crippen LogP contribution in [0.5, 0.6) is 0 Å². The summed E-state index contributed by atoms with van der Waals surface area (Å²) in [5.41, 5.74) is 12.0. The van der Waals surface area contributed by atoms with Gasteiger partial charge in [0.2, 0.25) is 0 Å². The smallest absolute Gasteiger partial charge is 0.164 e. The third-order valence-corrected chi connectivity index (χ3v) is 8.43. The molecule has 0 unspecified atom stereocenters. The van der Waals surface area contributed by atoms with E-state index in [0.717, 1.165) is 61.6 Å². The predicted octanol–water partition coefficient (Wildman–Crippen LogP) is 10.6. The highest BCUT2D eigenvalue weighted by atomic mass is 15.0. The molecule has 0 radical (unpaired) electrons. The SMILES string of the molecule is Cc1cc(-c2ccccc2)cc(-c2ccc(-c3cc(-c4ccccn4)cc(-c4nc(-c5ccccc5)nc(-c5ccccc5)n4)c3)cc2)n1. The highest BCUT2D eigenvalue weighted by Gasteiger charge is 2.15. The maximum absolute atomic E-state index is 5.01. The average molecular weight is 630 g/mol. The molecule has 0 atom stereocenters. The summed E-state index contributed by atoms with van der Waals surface area (Å²) in [4.78, 5) is 24.5. The Labute approximate surface area is 285 Å². The van der Waals surface area contributed by atoms with Crippen molar-refractivity contribution in [1.82, 2.24) is 24.9 Å². The molecule has 232 valence electrons. The van der Waals surface area contributed by atoms with Gasteiger partial charge in [0.15, 0.2) is 17.5 Å². The zero-order chi connectivity index (χ0) is 33.0. The second-order valence-corrected chi connectivity index (χ2v) is 11.9. The molecule has 0 aliphatic rings. The number of pyridine rings is 2. The Morgan fingerprint density at radius 1 is 0.306 bits per heavy atom. The van der Waals surface area contributed by atoms with E-state index >= 15 is 0 Å². The molecule has 0 amide bonds. The molecule has 0 spiro atoms. The fourth-order valence-corrected chi connectivity index (χ4v) is 5.99. The monoisotopic (exact) mass is 629 g/mol. The van der Waals surface area contributed by atoms with Crippen LogP contribution in [0.3, 0.4) is 0 Å². The van der Waals surface area contributed by atoms with E-state index in [9.17, 15) is 0 Å². The lowest BCUT2D eigenvalue weighted by molar-refractivity contribution is 1.07. The van der Waals surface area contributed by atoms with Crippen molar-refractivity contribution in [2.24, 2.45) is 0 Å². The van der Waals surface area contributed by atoms with Crippen LogP contribution in [0.25, 0.3) is 78.9 Å². The van der Waals surface area contributed by atoms with E-state index in [4.69, 9.17) is 19.9 Å². The molecule has 0 fully saturated rings. The number of aryl methyl sites for hydroxylation is 1. The van der Waals surface area contributed by atoms with Crippen molar-refractivity contribution in [3.05, 3.63) is 176 Å². The maximum Gasteiger partial charge on any atom is 0.164 e. The van der Waals surface area contributed by atoms with Crippen LogP contribution in [0.4, 0.5) is 0 Å². The van der Waals surface area contributed by atoms with Gasteiger partial charge in [-0.05, 0) is 71.6 Å². The minimum atomic E-state index is 0.598. The number of benzene rings is 5. The Balaban J connectivity index is 1.24. The molecule has 3 heterocycles. The second-order valence-electron chi connectivity index (χ2n) is 11.9. The molecule has 3 aromatic heterocycles. The highest BCUT2D eigenvalue weighted by molar-refractivity contribution is 5.80. The van der Waals surface area contributed by atoms with Gasteiger partial charge >= 0.3 is 0 Å². The van der Waals surface area contributed by atoms with E-state index in [1.165, 1.54) is 5.56 Å². The summed E-state index contributed by atoms with van der Waals surface area (Å²) in [6.07, 6.45) is 1.82. The van der Waals surface area contributed by atoms with Gasteiger partial charge in [0.1, 0.15) is 0 Å². The van der Waals surface area contributed by atoms with Gasteiger partial charge in [0.25, 0.3) is 0 Å². The molecule has 49 heavy (non-hydrogen) atoms. The molecule has 0 bridgehead atoms. The Morgan fingerprint density at radius 3 is 1.37 bits per heavy atom. The van der Waals surface area contributed by atoms with Crippen LogP contribution in [0.15, 0.2) is 170 Å². The Hall–Kier alpha value is -6.59. The zero-order valence-corrected chi connectivity index (χ0v) is 26.9. The zero-order valence-electron chi connectivity index (χ0n) is 26.9. The average Bonchev–Trinajstić information content (AvgIpc) is 3.19. The fraction of sp³-hybridized carbons (Fsp3) is 0.0227. The third-order valence-electron chi connectivity index (χ3n) is 8.43. The van der Waals surface area contributed by atoms with E-state index in [2.05, 4.69) is 83.8 Å². The summed E-state index contributed by atoms with van der Waals surface area (Å²) in [7, 11) is 0. The molecule has 0 saturated carbocycles. The quantitative estimate of drug-likeness (QED) is 0.175. The van der Waals surface area contributed by atoms with Crippen molar-refractivity contribution in [3.8, 4) is 78.9 Å². The number of hydrogen-bond acceptors (Lipinski definition) is 5. The van der Waals surface area contributed by atoms with Crippen LogP contribution >= 0.6 is 0 Å². The minimum Gasteiger partial charge on any atom is -0.256 e. The van der Waals surface area contributed by atoms with E-state index < -0.39 is 0 Å². The molecular weight excluding hydrogens is 599 g/mol. The van der Waals surface area contributed by atoms with Gasteiger partial charge in [-0.3, -0.25) is 9.97 Å². The Bertz CT molecular complexity index is 2300. The molecular formula is C44H31N5. The second kappa shape index (κ2) is 13.3. The summed E-state index contributed by atoms with van der Waals surface area (Å²) in [6, 6.07) is 55.8. The summed E-state index contributed by atoms with van der Waals surface area (Å²) < 4.78 is 0. The standard InChI is InChI=1S/C44H31N5/c1-30-25-36(31-13-5-2-6-14-31)29-41(46-30)33-22-20-32(21-23-33)37-26-38(40-19-11-12-24-45-40)28-39(27-37)44-48-42(34-15-7-3-8-16-34)47-43(49-44)35-17-9-4-10-18-35/h2-29H,1H3. The summed E-state index contributed by atoms with van der Waals surface area (Å²) >= 11 is 0. The van der Waals surface area contributed by atoms with E-state index in [1.54, 1.807) is 0 Å². The lowest BCUT2D eigenvalue weighted by atomic mass is 9.96. The summed E-state index contributed by atoms with van der Waals surface area (Å²) in [6.45, 7) is 2.04. The highest BCUT2D eigenvalue weighted by Crippen LogP contribution is 2.34. The van der Waals surface area contributed by atoms with Crippen LogP contribution in [0.2, 0.25) is 0 Å². The number of rotatable bonds is 7. The van der Waals surface area contributed by atoms with Crippen LogP contribution in [0.1, 0.15) is 5.69 Å². The number of aromatic nitrogens is 5. The predicted molar refractivity (Wildman–Crippen MR) is 198 cm³/mol. The van der Waals surface area contributed by atoms with Crippen molar-refractivity contribution >= 4 is 0 Å².